The number of hydrogen-bond acceptors (Lipinski definition) is 0. The molecule has 1 heterocycles. The molecule has 13 heavy (non-hydrogen) atoms. The van der Waals surface area contributed by atoms with Gasteiger partial charge in [0.15, 0.2) is 0 Å². The van der Waals surface area contributed by atoms with E-state index in [1.807, 2.05) is 0 Å². The minimum atomic E-state index is 0.0255. The zero-order chi connectivity index (χ0) is 9.47. The van der Waals surface area contributed by atoms with E-state index in [1.54, 1.807) is 3.40 Å². The van der Waals surface area contributed by atoms with Gasteiger partial charge in [0.25, 0.3) is 0 Å². The van der Waals surface area contributed by atoms with Crippen molar-refractivity contribution in [3.63, 3.8) is 0 Å². The topological polar surface area (TPSA) is 0 Å². The molecular formula is C12H14Te. The van der Waals surface area contributed by atoms with Crippen molar-refractivity contribution < 1.29 is 0 Å². The predicted octanol–water partition coefficient (Wildman–Crippen LogP) is 3.19. The Labute approximate surface area is 89.2 Å². The first-order valence-electron chi connectivity index (χ1n) is 4.55. The van der Waals surface area contributed by atoms with Gasteiger partial charge >= 0.3 is 89.3 Å². The summed E-state index contributed by atoms with van der Waals surface area (Å²) in [5.41, 5.74) is 1.73. The van der Waals surface area contributed by atoms with Crippen LogP contribution in [0.25, 0.3) is 8.79 Å². The van der Waals surface area contributed by atoms with Gasteiger partial charge in [-0.3, -0.25) is 0 Å². The van der Waals surface area contributed by atoms with E-state index in [0.717, 1.165) is 0 Å². The van der Waals surface area contributed by atoms with Crippen LogP contribution in [0, 0.1) is 0 Å². The van der Waals surface area contributed by atoms with E-state index in [9.17, 15) is 0 Å². The van der Waals surface area contributed by atoms with Crippen LogP contribution >= 0.6 is 0 Å². The van der Waals surface area contributed by atoms with Crippen molar-refractivity contribution in [1.82, 2.24) is 0 Å². The van der Waals surface area contributed by atoms with Gasteiger partial charge in [-0.2, -0.15) is 0 Å². The van der Waals surface area contributed by atoms with Gasteiger partial charge in [0, 0.05) is 0 Å². The van der Waals surface area contributed by atoms with Crippen molar-refractivity contribution in [2.45, 2.75) is 26.2 Å². The summed E-state index contributed by atoms with van der Waals surface area (Å²) in [5.74, 6) is 0. The molecule has 0 aliphatic carbocycles. The van der Waals surface area contributed by atoms with E-state index >= 15 is 0 Å². The normalized spacial score (nSPS) is 12.2. The average Bonchev–Trinajstić information content (AvgIpc) is 2.47. The van der Waals surface area contributed by atoms with Crippen LogP contribution in [0.2, 0.25) is 0 Å². The van der Waals surface area contributed by atoms with Crippen LogP contribution in [0.1, 0.15) is 26.3 Å². The fraction of sp³-hybridized carbons (Fsp3) is 0.333. The van der Waals surface area contributed by atoms with E-state index in [0.29, 0.717) is 0 Å². The number of fused-ring (bicyclic) bond motifs is 1. The maximum absolute atomic E-state index is 2.36. The van der Waals surface area contributed by atoms with Gasteiger partial charge in [0.05, 0.1) is 0 Å². The Hall–Kier alpha value is -0.250. The van der Waals surface area contributed by atoms with Crippen molar-refractivity contribution in [1.29, 1.82) is 0 Å². The van der Waals surface area contributed by atoms with E-state index in [1.165, 1.54) is 10.9 Å². The molecule has 2 aromatic rings. The van der Waals surface area contributed by atoms with Crippen LogP contribution in [0.5, 0.6) is 0 Å². The fourth-order valence-electron chi connectivity index (χ4n) is 1.43. The number of hydrogen-bond donors (Lipinski definition) is 0. The van der Waals surface area contributed by atoms with E-state index in [2.05, 4.69) is 49.1 Å². The first kappa shape index (κ1) is 9.31. The molecule has 1 aromatic carbocycles. The summed E-state index contributed by atoms with van der Waals surface area (Å²) in [4.78, 5) is 0. The molecule has 0 saturated carbocycles. The Morgan fingerprint density at radius 3 is 2.54 bits per heavy atom. The number of rotatable bonds is 0. The second-order valence-electron chi connectivity index (χ2n) is 4.42. The summed E-state index contributed by atoms with van der Waals surface area (Å²) in [5, 5.41) is 1.47. The molecule has 0 bridgehead atoms. The van der Waals surface area contributed by atoms with Crippen molar-refractivity contribution in [2.24, 2.45) is 0 Å². The third kappa shape index (κ3) is 1.82. The Morgan fingerprint density at radius 2 is 1.85 bits per heavy atom. The van der Waals surface area contributed by atoms with Gasteiger partial charge in [-0.25, -0.2) is 0 Å². The molecule has 2 rings (SSSR count). The summed E-state index contributed by atoms with van der Waals surface area (Å²) in [6.45, 7) is 6.80. The number of benzene rings is 1. The third-order valence-electron chi connectivity index (χ3n) is 2.32. The molecule has 0 amide bonds. The molecule has 0 fully saturated rings. The molecule has 0 saturated heterocycles. The minimum absolute atomic E-state index is 0.0255. The maximum atomic E-state index is 2.36. The molecule has 0 aliphatic heterocycles. The van der Waals surface area contributed by atoms with Crippen LogP contribution in [0.4, 0.5) is 0 Å². The molecule has 0 unspecified atom stereocenters. The van der Waals surface area contributed by atoms with E-state index in [-0.39, 0.29) is 25.8 Å². The van der Waals surface area contributed by atoms with Crippen LogP contribution in [-0.4, -0.2) is 20.4 Å². The second kappa shape index (κ2) is 3.15. The first-order valence-corrected chi connectivity index (χ1v) is 7.06. The molecule has 1 heteroatoms. The Morgan fingerprint density at radius 1 is 1.08 bits per heavy atom. The summed E-state index contributed by atoms with van der Waals surface area (Å²) in [6.07, 6.45) is 0. The quantitative estimate of drug-likeness (QED) is 0.652. The Balaban J connectivity index is 2.61. The fourth-order valence-corrected chi connectivity index (χ4v) is 3.63. The summed E-state index contributed by atoms with van der Waals surface area (Å²) < 4.78 is 3.96. The van der Waals surface area contributed by atoms with Crippen molar-refractivity contribution in [3.05, 3.63) is 33.9 Å². The summed E-state index contributed by atoms with van der Waals surface area (Å²) in [7, 11) is 0. The average molecular weight is 286 g/mol. The van der Waals surface area contributed by atoms with Gasteiger partial charge in [-0.05, 0) is 0 Å². The molecule has 1 aromatic heterocycles. The van der Waals surface area contributed by atoms with Crippen LogP contribution in [0.15, 0.2) is 28.3 Å². The van der Waals surface area contributed by atoms with Gasteiger partial charge in [0.2, 0.25) is 0 Å². The molecule has 0 radical (unpaired) electrons. The Bertz CT molecular complexity index is 418. The van der Waals surface area contributed by atoms with Gasteiger partial charge in [-0.15, -0.1) is 0 Å². The third-order valence-corrected chi connectivity index (χ3v) is 4.88. The predicted molar refractivity (Wildman–Crippen MR) is 59.6 cm³/mol. The molecular weight excluding hydrogens is 272 g/mol. The Kier molecular flexibility index (Phi) is 2.26. The molecule has 0 nitrogen and oxygen atoms in total. The van der Waals surface area contributed by atoms with Crippen molar-refractivity contribution in [3.8, 4) is 0 Å². The van der Waals surface area contributed by atoms with Crippen LogP contribution in [0.3, 0.4) is 0 Å². The summed E-state index contributed by atoms with van der Waals surface area (Å²) >= 11 is 0.0255. The van der Waals surface area contributed by atoms with Crippen LogP contribution < -0.4 is 0 Å². The van der Waals surface area contributed by atoms with Crippen molar-refractivity contribution in [2.75, 3.05) is 0 Å². The zero-order valence-corrected chi connectivity index (χ0v) is 10.6. The SMILES string of the molecule is CC(C)(C)c1ccc2[te]ccc2c1. The summed E-state index contributed by atoms with van der Waals surface area (Å²) in [6, 6.07) is 9.24. The van der Waals surface area contributed by atoms with Gasteiger partial charge in [0.1, 0.15) is 0 Å². The van der Waals surface area contributed by atoms with E-state index < -0.39 is 0 Å². The molecule has 0 atom stereocenters. The molecule has 0 N–H and O–H groups in total. The van der Waals surface area contributed by atoms with Gasteiger partial charge < -0.3 is 0 Å². The standard InChI is InChI=1S/C12H14Te/c1-12(2,3)10-4-5-11-9(8-10)6-7-13-11/h4-8H,1-3H3. The monoisotopic (exact) mass is 288 g/mol. The molecule has 0 aliphatic rings. The van der Waals surface area contributed by atoms with Crippen LogP contribution in [-0.2, 0) is 5.41 Å². The van der Waals surface area contributed by atoms with Gasteiger partial charge in [-0.1, -0.05) is 0 Å². The zero-order valence-electron chi connectivity index (χ0n) is 8.29. The first-order chi connectivity index (χ1) is 6.07. The molecule has 68 valence electrons. The molecule has 0 spiro atoms. The van der Waals surface area contributed by atoms with E-state index in [4.69, 9.17) is 0 Å². The second-order valence-corrected chi connectivity index (χ2v) is 7.13. The van der Waals surface area contributed by atoms with Crippen molar-refractivity contribution >= 4 is 29.2 Å².